The molecule has 0 radical (unpaired) electrons. The van der Waals surface area contributed by atoms with Crippen molar-refractivity contribution in [3.63, 3.8) is 0 Å². The van der Waals surface area contributed by atoms with Crippen LogP contribution in [0.1, 0.15) is 38.7 Å². The molecule has 13 heteroatoms. The summed E-state index contributed by atoms with van der Waals surface area (Å²) >= 11 is 0.798. The maximum atomic E-state index is 14.2. The molecule has 4 rings (SSSR count). The van der Waals surface area contributed by atoms with Crippen LogP contribution in [-0.4, -0.2) is 48.6 Å². The van der Waals surface area contributed by atoms with Gasteiger partial charge in [-0.2, -0.15) is 4.31 Å². The van der Waals surface area contributed by atoms with Crippen molar-refractivity contribution in [2.24, 2.45) is 5.92 Å². The Labute approximate surface area is 222 Å². The van der Waals surface area contributed by atoms with Gasteiger partial charge >= 0.3 is 0 Å². The third-order valence-electron chi connectivity index (χ3n) is 6.46. The molecule has 0 aliphatic carbocycles. The van der Waals surface area contributed by atoms with Crippen LogP contribution >= 0.6 is 11.8 Å². The van der Waals surface area contributed by atoms with Crippen molar-refractivity contribution < 1.29 is 35.1 Å². The first-order chi connectivity index (χ1) is 18.1. The molecule has 0 spiro atoms. The number of halogens is 5. The highest BCUT2D eigenvalue weighted by molar-refractivity contribution is 7.98. The molecule has 1 aliphatic heterocycles. The second-order valence-corrected chi connectivity index (χ2v) is 12.1. The van der Waals surface area contributed by atoms with Gasteiger partial charge in [-0.15, -0.1) is 0 Å². The Bertz CT molecular complexity index is 1400. The van der Waals surface area contributed by atoms with Crippen LogP contribution in [0, 0.1) is 35.0 Å². The van der Waals surface area contributed by atoms with Gasteiger partial charge in [0.2, 0.25) is 15.8 Å². The molecule has 0 amide bonds. The van der Waals surface area contributed by atoms with Crippen LogP contribution in [0.15, 0.2) is 28.3 Å². The Morgan fingerprint density at radius 1 is 1.08 bits per heavy atom. The van der Waals surface area contributed by atoms with E-state index in [0.29, 0.717) is 50.3 Å². The summed E-state index contributed by atoms with van der Waals surface area (Å²) in [4.78, 5) is 4.56. The van der Waals surface area contributed by atoms with Crippen molar-refractivity contribution >= 4 is 32.8 Å². The standard InChI is InChI=1S/C25H28F5N3O3S2/c1-3-36-11-5-10-33-19-8-7-16(38(34,35)32-9-4-6-15(2)13-32)12-18(19)31-25(33)37-14-17-20(26)22(28)24(30)23(29)21(17)27/h7-8,12,15H,3-6,9-11,13-14H2,1-2H3/t15-/m0/s1. The average molecular weight is 578 g/mol. The number of sulfonamides is 1. The van der Waals surface area contributed by atoms with E-state index in [0.717, 1.165) is 24.6 Å². The van der Waals surface area contributed by atoms with E-state index in [1.807, 2.05) is 13.8 Å². The number of imidazole rings is 1. The highest BCUT2D eigenvalue weighted by atomic mass is 32.2. The first kappa shape index (κ1) is 28.8. The number of rotatable bonds is 10. The van der Waals surface area contributed by atoms with Crippen LogP contribution in [0.2, 0.25) is 0 Å². The number of aromatic nitrogens is 2. The number of ether oxygens (including phenoxy) is 1. The van der Waals surface area contributed by atoms with Crippen LogP contribution in [-0.2, 0) is 27.1 Å². The fourth-order valence-corrected chi connectivity index (χ4v) is 7.12. The van der Waals surface area contributed by atoms with Crippen molar-refractivity contribution in [2.45, 2.75) is 55.5 Å². The molecule has 6 nitrogen and oxygen atoms in total. The van der Waals surface area contributed by atoms with E-state index in [-0.39, 0.29) is 16.0 Å². The minimum atomic E-state index is -3.76. The summed E-state index contributed by atoms with van der Waals surface area (Å²) in [5.41, 5.74) is -0.0402. The van der Waals surface area contributed by atoms with Crippen molar-refractivity contribution in [1.29, 1.82) is 0 Å². The monoisotopic (exact) mass is 577 g/mol. The minimum absolute atomic E-state index is 0.0781. The quantitative estimate of drug-likeness (QED) is 0.0992. The zero-order chi connectivity index (χ0) is 27.6. The molecule has 2 aromatic carbocycles. The van der Waals surface area contributed by atoms with Gasteiger partial charge in [-0.3, -0.25) is 0 Å². The first-order valence-electron chi connectivity index (χ1n) is 12.3. The smallest absolute Gasteiger partial charge is 0.243 e. The van der Waals surface area contributed by atoms with Gasteiger partial charge in [0.25, 0.3) is 0 Å². The lowest BCUT2D eigenvalue weighted by Gasteiger charge is -2.30. The Morgan fingerprint density at radius 2 is 1.76 bits per heavy atom. The summed E-state index contributed by atoms with van der Waals surface area (Å²) in [6.07, 6.45) is 2.29. The first-order valence-corrected chi connectivity index (χ1v) is 14.7. The van der Waals surface area contributed by atoms with Crippen LogP contribution in [0.4, 0.5) is 22.0 Å². The number of aryl methyl sites for hydroxylation is 1. The molecule has 0 unspecified atom stereocenters. The lowest BCUT2D eigenvalue weighted by atomic mass is 10.0. The predicted molar refractivity (Wildman–Crippen MR) is 134 cm³/mol. The highest BCUT2D eigenvalue weighted by Crippen LogP contribution is 2.33. The molecule has 1 fully saturated rings. The van der Waals surface area contributed by atoms with E-state index >= 15 is 0 Å². The number of nitrogens with zero attached hydrogens (tertiary/aromatic N) is 3. The predicted octanol–water partition coefficient (Wildman–Crippen LogP) is 5.87. The van der Waals surface area contributed by atoms with Crippen LogP contribution in [0.25, 0.3) is 11.0 Å². The number of piperidine rings is 1. The topological polar surface area (TPSA) is 64.4 Å². The van der Waals surface area contributed by atoms with Crippen LogP contribution in [0.5, 0.6) is 0 Å². The Kier molecular flexibility index (Phi) is 9.00. The van der Waals surface area contributed by atoms with Gasteiger partial charge in [-0.05, 0) is 50.3 Å². The number of hydrogen-bond acceptors (Lipinski definition) is 5. The second kappa shape index (κ2) is 11.9. The minimum Gasteiger partial charge on any atom is -0.382 e. The summed E-state index contributed by atoms with van der Waals surface area (Å²) in [7, 11) is -3.76. The van der Waals surface area contributed by atoms with Crippen molar-refractivity contribution in [1.82, 2.24) is 13.9 Å². The SMILES string of the molecule is CCOCCCn1c(SCc2c(F)c(F)c(F)c(F)c2F)nc2cc(S(=O)(=O)N3CCC[C@H](C)C3)ccc21. The zero-order valence-corrected chi connectivity index (χ0v) is 22.6. The van der Waals surface area contributed by atoms with Crippen molar-refractivity contribution in [3.05, 3.63) is 52.8 Å². The van der Waals surface area contributed by atoms with Gasteiger partial charge in [0, 0.05) is 44.2 Å². The van der Waals surface area contributed by atoms with Crippen LogP contribution < -0.4 is 0 Å². The summed E-state index contributed by atoms with van der Waals surface area (Å²) < 4.78 is 104. The molecule has 0 N–H and O–H groups in total. The molecule has 38 heavy (non-hydrogen) atoms. The third-order valence-corrected chi connectivity index (χ3v) is 9.33. The summed E-state index contributed by atoms with van der Waals surface area (Å²) in [6.45, 7) is 6.03. The number of hydrogen-bond donors (Lipinski definition) is 0. The van der Waals surface area contributed by atoms with Crippen LogP contribution in [0.3, 0.4) is 0 Å². The Hall–Kier alpha value is -2.22. The third kappa shape index (κ3) is 5.70. The Balaban J connectivity index is 1.68. The van der Waals surface area contributed by atoms with E-state index in [4.69, 9.17) is 4.74 Å². The second-order valence-electron chi connectivity index (χ2n) is 9.19. The van der Waals surface area contributed by atoms with E-state index in [9.17, 15) is 30.4 Å². The molecular weight excluding hydrogens is 549 g/mol. The van der Waals surface area contributed by atoms with E-state index in [2.05, 4.69) is 4.98 Å². The molecule has 1 saturated heterocycles. The molecule has 208 valence electrons. The van der Waals surface area contributed by atoms with E-state index in [1.54, 1.807) is 10.6 Å². The largest absolute Gasteiger partial charge is 0.382 e. The summed E-state index contributed by atoms with van der Waals surface area (Å²) in [5.74, 6) is -10.3. The molecule has 1 atom stereocenters. The van der Waals surface area contributed by atoms with Crippen molar-refractivity contribution in [2.75, 3.05) is 26.3 Å². The molecule has 0 saturated carbocycles. The van der Waals surface area contributed by atoms with Gasteiger partial charge in [0.15, 0.2) is 28.4 Å². The van der Waals surface area contributed by atoms with Gasteiger partial charge in [0.1, 0.15) is 0 Å². The highest BCUT2D eigenvalue weighted by Gasteiger charge is 2.30. The molecule has 0 bridgehead atoms. The maximum Gasteiger partial charge on any atom is 0.243 e. The molecule has 1 aliphatic rings. The van der Waals surface area contributed by atoms with Crippen molar-refractivity contribution in [3.8, 4) is 0 Å². The van der Waals surface area contributed by atoms with Gasteiger partial charge < -0.3 is 9.30 Å². The van der Waals surface area contributed by atoms with Gasteiger partial charge in [-0.1, -0.05) is 18.7 Å². The van der Waals surface area contributed by atoms with E-state index in [1.165, 1.54) is 16.4 Å². The summed E-state index contributed by atoms with van der Waals surface area (Å²) in [6, 6.07) is 4.56. The van der Waals surface area contributed by atoms with Gasteiger partial charge in [-0.25, -0.2) is 35.4 Å². The molecule has 3 aromatic rings. The summed E-state index contributed by atoms with van der Waals surface area (Å²) in [5, 5.41) is 0.251. The van der Waals surface area contributed by atoms with Gasteiger partial charge in [0.05, 0.1) is 15.9 Å². The fourth-order valence-electron chi connectivity index (χ4n) is 4.47. The molecule has 1 aromatic heterocycles. The maximum absolute atomic E-state index is 14.2. The lowest BCUT2D eigenvalue weighted by molar-refractivity contribution is 0.141. The normalized spacial score (nSPS) is 17.0. The molecule has 2 heterocycles. The van der Waals surface area contributed by atoms with E-state index < -0.39 is 50.4 Å². The average Bonchev–Trinajstić information content (AvgIpc) is 3.25. The lowest BCUT2D eigenvalue weighted by Crippen LogP contribution is -2.39. The zero-order valence-electron chi connectivity index (χ0n) is 20.9. The Morgan fingerprint density at radius 3 is 2.42 bits per heavy atom. The number of fused-ring (bicyclic) bond motifs is 1. The molecular formula is C25H28F5N3O3S2. The fraction of sp³-hybridized carbons (Fsp3) is 0.480. The number of benzene rings is 2. The number of thioether (sulfide) groups is 1.